The van der Waals surface area contributed by atoms with Crippen LogP contribution >= 0.6 is 0 Å². The molecule has 0 unspecified atom stereocenters. The second-order valence-electron chi connectivity index (χ2n) is 20.4. The molecule has 10 rings (SSSR count). The Morgan fingerprint density at radius 3 is 1.82 bits per heavy atom. The van der Waals surface area contributed by atoms with Gasteiger partial charge in [-0.25, -0.2) is 4.98 Å². The molecule has 0 aliphatic carbocycles. The molecule has 338 valence electrons. The van der Waals surface area contributed by atoms with Gasteiger partial charge in [0, 0.05) is 48.4 Å². The molecule has 6 heteroatoms. The molecule has 0 fully saturated rings. The molecule has 0 N–H and O–H groups in total. The molecule has 0 radical (unpaired) electrons. The largest absolute Gasteiger partial charge is 0.510 e. The van der Waals surface area contributed by atoms with E-state index in [1.807, 2.05) is 59.3 Å². The first-order valence-electron chi connectivity index (χ1n) is 24.2. The zero-order valence-electron chi connectivity index (χ0n) is 42.5. The fraction of sp³-hybridized carbons (Fsp3) is 0.213. The van der Waals surface area contributed by atoms with Gasteiger partial charge in [0.25, 0.3) is 6.33 Å². The predicted octanol–water partition coefficient (Wildman–Crippen LogP) is 15.1. The third kappa shape index (κ3) is 8.67. The molecule has 0 saturated carbocycles. The molecule has 0 aliphatic rings. The van der Waals surface area contributed by atoms with Crippen LogP contribution in [0.15, 0.2) is 158 Å². The Balaban J connectivity index is 0.00000608. The van der Waals surface area contributed by atoms with Gasteiger partial charge in [0.1, 0.15) is 5.82 Å². The van der Waals surface area contributed by atoms with Gasteiger partial charge in [-0.3, -0.25) is 4.57 Å². The maximum atomic E-state index is 8.73. The smallest absolute Gasteiger partial charge is 0.268 e. The summed E-state index contributed by atoms with van der Waals surface area (Å²) < 4.78 is 39.1. The minimum atomic E-state index is -2.37. The summed E-state index contributed by atoms with van der Waals surface area (Å²) in [5.74, 6) is 1.88. The monoisotopic (exact) mass is 1060 g/mol. The van der Waals surface area contributed by atoms with E-state index >= 15 is 0 Å². The summed E-state index contributed by atoms with van der Waals surface area (Å²) >= 11 is 0. The number of hydrogen-bond acceptors (Lipinski definition) is 2. The number of nitrogens with zero attached hydrogens (tertiary/aromatic N) is 4. The molecule has 0 amide bonds. The molecule has 5 nitrogen and oxygen atoms in total. The van der Waals surface area contributed by atoms with Crippen LogP contribution in [-0.4, -0.2) is 14.1 Å². The predicted molar refractivity (Wildman–Crippen MR) is 272 cm³/mol. The number of hydrogen-bond donors (Lipinski definition) is 0. The summed E-state index contributed by atoms with van der Waals surface area (Å²) in [5.41, 5.74) is 12.1. The second-order valence-corrected chi connectivity index (χ2v) is 20.4. The fourth-order valence-corrected chi connectivity index (χ4v) is 8.95. The van der Waals surface area contributed by atoms with Crippen molar-refractivity contribution >= 4 is 32.8 Å². The van der Waals surface area contributed by atoms with Crippen LogP contribution in [0.4, 0.5) is 0 Å². The number of para-hydroxylation sites is 3. The number of fused-ring (bicyclic) bond motifs is 4. The van der Waals surface area contributed by atoms with Crippen molar-refractivity contribution < 1.29 is 34.5 Å². The maximum Gasteiger partial charge on any atom is 0.268 e. The first-order chi connectivity index (χ1) is 32.7. The van der Waals surface area contributed by atoms with Crippen molar-refractivity contribution in [2.24, 2.45) is 0 Å². The van der Waals surface area contributed by atoms with Crippen molar-refractivity contribution in [3.05, 3.63) is 199 Å². The zero-order valence-corrected chi connectivity index (χ0v) is 41.8. The van der Waals surface area contributed by atoms with Crippen molar-refractivity contribution in [1.29, 1.82) is 0 Å². The second kappa shape index (κ2) is 17.3. The zero-order chi connectivity index (χ0) is 48.6. The number of benzene rings is 7. The van der Waals surface area contributed by atoms with Crippen molar-refractivity contribution in [3.8, 4) is 50.9 Å². The van der Waals surface area contributed by atoms with Crippen molar-refractivity contribution in [1.82, 2.24) is 14.1 Å². The Labute approximate surface area is 414 Å². The topological polar surface area (TPSA) is 35.9 Å². The average molecular weight is 1060 g/mol. The standard InChI is InChI=1S/C61H56N4O.Pt/c1-40-32-51(41-18-15-20-43(34-41)59(2,3)4)58(52(33-40)42-19-16-21-44(35-42)60(5,6)7)64-39-63(54-26-13-14-27-55(54)64)46-22-17-23-47(37-46)66-48-28-29-50-49-24-11-12-25-53(49)65(56(50)38-48)57-36-45(30-31-62-57)61(8,9)10;/h11-36H,1-10H3;/q-2;/i1D3;. The molecule has 3 aromatic heterocycles. The van der Waals surface area contributed by atoms with E-state index in [2.05, 4.69) is 193 Å². The fourth-order valence-electron chi connectivity index (χ4n) is 8.95. The van der Waals surface area contributed by atoms with Crippen LogP contribution < -0.4 is 9.30 Å². The van der Waals surface area contributed by atoms with Gasteiger partial charge in [-0.15, -0.1) is 29.7 Å². The van der Waals surface area contributed by atoms with E-state index in [1.165, 1.54) is 5.56 Å². The van der Waals surface area contributed by atoms with Crippen LogP contribution in [0, 0.1) is 25.3 Å². The van der Waals surface area contributed by atoms with Crippen molar-refractivity contribution in [2.75, 3.05) is 0 Å². The first-order valence-corrected chi connectivity index (χ1v) is 22.7. The van der Waals surface area contributed by atoms with Crippen LogP contribution in [0.5, 0.6) is 11.5 Å². The van der Waals surface area contributed by atoms with E-state index in [9.17, 15) is 0 Å². The van der Waals surface area contributed by atoms with Crippen LogP contribution in [0.1, 0.15) is 88.7 Å². The van der Waals surface area contributed by atoms with Crippen LogP contribution in [-0.2, 0) is 37.3 Å². The Bertz CT molecular complexity index is 3520. The van der Waals surface area contributed by atoms with Crippen LogP contribution in [0.2, 0.25) is 0 Å². The van der Waals surface area contributed by atoms with Crippen molar-refractivity contribution in [2.45, 2.75) is 85.4 Å². The number of aryl methyl sites for hydroxylation is 1. The number of rotatable bonds is 7. The van der Waals surface area contributed by atoms with E-state index in [4.69, 9.17) is 13.8 Å². The van der Waals surface area contributed by atoms with Crippen LogP contribution in [0.3, 0.4) is 0 Å². The Hall–Kier alpha value is -6.55. The van der Waals surface area contributed by atoms with Gasteiger partial charge >= 0.3 is 0 Å². The molecular formula is C61H56N4OPt-2. The van der Waals surface area contributed by atoms with E-state index in [0.717, 1.165) is 77.7 Å². The average Bonchev–Trinajstić information content (AvgIpc) is 3.86. The molecule has 0 spiro atoms. The quantitative estimate of drug-likeness (QED) is 0.118. The minimum absolute atomic E-state index is 0. The van der Waals surface area contributed by atoms with Gasteiger partial charge in [-0.05, 0) is 91.3 Å². The van der Waals surface area contributed by atoms with E-state index in [1.54, 1.807) is 0 Å². The summed E-state index contributed by atoms with van der Waals surface area (Å²) in [6.07, 6.45) is 5.63. The summed E-state index contributed by atoms with van der Waals surface area (Å²) in [7, 11) is 0. The summed E-state index contributed by atoms with van der Waals surface area (Å²) in [4.78, 5) is 4.85. The Morgan fingerprint density at radius 1 is 0.567 bits per heavy atom. The molecule has 0 bridgehead atoms. The third-order valence-corrected chi connectivity index (χ3v) is 12.6. The van der Waals surface area contributed by atoms with Crippen LogP contribution in [0.25, 0.3) is 72.3 Å². The SMILES string of the molecule is [2H]C([2H])([2H])c1cc(-c2cccc(C(C)(C)C)c2)c(-[n+]2[c-]n(-c3[c-]c(Oc4[c-]c5c(cc4)c4ccccc4n5-c4cc(C(C)(C)C)ccn4)ccc3)c3ccccc32)c(-c2cccc(C(C)(C)C)c2)c1.[Pt]. The molecule has 7 aromatic carbocycles. The summed E-state index contributed by atoms with van der Waals surface area (Å²) in [6, 6.07) is 58.5. The Morgan fingerprint density at radius 2 is 1.16 bits per heavy atom. The third-order valence-electron chi connectivity index (χ3n) is 12.6. The van der Waals surface area contributed by atoms with Gasteiger partial charge in [-0.1, -0.05) is 177 Å². The van der Waals surface area contributed by atoms with Gasteiger partial charge in [-0.2, -0.15) is 18.2 Å². The van der Waals surface area contributed by atoms with E-state index < -0.39 is 6.85 Å². The minimum Gasteiger partial charge on any atom is -0.510 e. The molecule has 10 aromatic rings. The first kappa shape index (κ1) is 41.8. The summed E-state index contributed by atoms with van der Waals surface area (Å²) in [5, 5.41) is 2.16. The molecule has 0 aliphatic heterocycles. The molecule has 67 heavy (non-hydrogen) atoms. The molecule has 3 heterocycles. The molecule has 0 atom stereocenters. The van der Waals surface area contributed by atoms with Gasteiger partial charge in [0.05, 0.1) is 16.7 Å². The maximum absolute atomic E-state index is 8.73. The normalized spacial score (nSPS) is 13.1. The molecular weight excluding hydrogens is 1000 g/mol. The van der Waals surface area contributed by atoms with E-state index in [-0.39, 0.29) is 42.9 Å². The number of ether oxygens (including phenoxy) is 1. The van der Waals surface area contributed by atoms with Gasteiger partial charge < -0.3 is 13.9 Å². The number of pyridine rings is 1. The van der Waals surface area contributed by atoms with Gasteiger partial charge in [0.15, 0.2) is 0 Å². The van der Waals surface area contributed by atoms with E-state index in [0.29, 0.717) is 17.2 Å². The Kier molecular flexibility index (Phi) is 10.8. The number of imidazole rings is 1. The number of aromatic nitrogens is 4. The molecule has 0 saturated heterocycles. The van der Waals surface area contributed by atoms with Crippen molar-refractivity contribution in [3.63, 3.8) is 0 Å². The summed E-state index contributed by atoms with van der Waals surface area (Å²) in [6.45, 7) is 17.4. The van der Waals surface area contributed by atoms with Gasteiger partial charge in [0.2, 0.25) is 0 Å².